The summed E-state index contributed by atoms with van der Waals surface area (Å²) >= 11 is 3.46. The molecule has 1 amide bonds. The van der Waals surface area contributed by atoms with Gasteiger partial charge in [-0.15, -0.1) is 0 Å². The lowest BCUT2D eigenvalue weighted by Crippen LogP contribution is -2.24. The molecule has 1 N–H and O–H groups in total. The molecule has 1 heterocycles. The van der Waals surface area contributed by atoms with Crippen molar-refractivity contribution in [2.45, 2.75) is 26.7 Å². The first-order chi connectivity index (χ1) is 9.60. The minimum absolute atomic E-state index is 0.134. The molecule has 0 aliphatic rings. The van der Waals surface area contributed by atoms with E-state index < -0.39 is 0 Å². The number of carbonyl (C=O) groups excluding carboxylic acids is 1. The third-order valence-corrected chi connectivity index (χ3v) is 4.42. The van der Waals surface area contributed by atoms with Gasteiger partial charge in [-0.1, -0.05) is 34.5 Å². The van der Waals surface area contributed by atoms with E-state index in [2.05, 4.69) is 28.2 Å². The van der Waals surface area contributed by atoms with E-state index in [1.165, 1.54) is 0 Å². The maximum Gasteiger partial charge on any atom is 0.287 e. The van der Waals surface area contributed by atoms with E-state index in [0.717, 1.165) is 34.7 Å². The predicted molar refractivity (Wildman–Crippen MR) is 85.5 cm³/mol. The molecule has 0 saturated heterocycles. The van der Waals surface area contributed by atoms with Crippen LogP contribution in [0.3, 0.4) is 0 Å². The van der Waals surface area contributed by atoms with E-state index in [9.17, 15) is 4.79 Å². The second-order valence-corrected chi connectivity index (χ2v) is 5.96. The van der Waals surface area contributed by atoms with Crippen LogP contribution in [0.15, 0.2) is 28.7 Å². The molecule has 0 fully saturated rings. The number of hydrogen-bond donors (Lipinski definition) is 1. The molecule has 1 aromatic heterocycles. The van der Waals surface area contributed by atoms with Crippen LogP contribution in [0.5, 0.6) is 0 Å². The highest BCUT2D eigenvalue weighted by atomic mass is 79.9. The zero-order valence-corrected chi connectivity index (χ0v) is 13.5. The zero-order valence-electron chi connectivity index (χ0n) is 11.9. The van der Waals surface area contributed by atoms with Gasteiger partial charge in [-0.3, -0.25) is 4.79 Å². The standard InChI is InChI=1S/C16H20BrNO2/c1-11-5-6-14-13(8-11)9-15(20-14)16(19)18-7-3-4-12(2)10-17/h5-6,8-9,12H,3-4,7,10H2,1-2H3,(H,18,19). The molecule has 1 aromatic carbocycles. The maximum absolute atomic E-state index is 12.0. The van der Waals surface area contributed by atoms with Gasteiger partial charge >= 0.3 is 0 Å². The van der Waals surface area contributed by atoms with Crippen LogP contribution in [-0.2, 0) is 0 Å². The van der Waals surface area contributed by atoms with Crippen molar-refractivity contribution in [3.05, 3.63) is 35.6 Å². The summed E-state index contributed by atoms with van der Waals surface area (Å²) in [6, 6.07) is 7.71. The minimum Gasteiger partial charge on any atom is -0.451 e. The van der Waals surface area contributed by atoms with Crippen LogP contribution < -0.4 is 5.32 Å². The summed E-state index contributed by atoms with van der Waals surface area (Å²) in [7, 11) is 0. The Balaban J connectivity index is 1.91. The summed E-state index contributed by atoms with van der Waals surface area (Å²) in [6.45, 7) is 4.90. The quantitative estimate of drug-likeness (QED) is 0.631. The number of fused-ring (bicyclic) bond motifs is 1. The fraction of sp³-hybridized carbons (Fsp3) is 0.438. The number of hydrogen-bond acceptors (Lipinski definition) is 2. The first kappa shape index (κ1) is 15.1. The zero-order chi connectivity index (χ0) is 14.5. The first-order valence-electron chi connectivity index (χ1n) is 6.94. The highest BCUT2D eigenvalue weighted by Gasteiger charge is 2.11. The first-order valence-corrected chi connectivity index (χ1v) is 8.06. The monoisotopic (exact) mass is 337 g/mol. The van der Waals surface area contributed by atoms with Gasteiger partial charge in [0.05, 0.1) is 0 Å². The van der Waals surface area contributed by atoms with E-state index in [0.29, 0.717) is 18.2 Å². The molecular formula is C16H20BrNO2. The molecular weight excluding hydrogens is 318 g/mol. The number of halogens is 1. The number of amides is 1. The van der Waals surface area contributed by atoms with Crippen LogP contribution >= 0.6 is 15.9 Å². The van der Waals surface area contributed by atoms with Crippen molar-refractivity contribution in [3.63, 3.8) is 0 Å². The molecule has 1 atom stereocenters. The van der Waals surface area contributed by atoms with E-state index in [1.54, 1.807) is 6.07 Å². The van der Waals surface area contributed by atoms with E-state index >= 15 is 0 Å². The average molecular weight is 338 g/mol. The van der Waals surface area contributed by atoms with Gasteiger partial charge in [0.15, 0.2) is 5.76 Å². The van der Waals surface area contributed by atoms with Crippen molar-refractivity contribution in [2.75, 3.05) is 11.9 Å². The molecule has 1 unspecified atom stereocenters. The number of furan rings is 1. The van der Waals surface area contributed by atoms with Gasteiger partial charge in [0.25, 0.3) is 5.91 Å². The lowest BCUT2D eigenvalue weighted by Gasteiger charge is -2.07. The highest BCUT2D eigenvalue weighted by molar-refractivity contribution is 9.09. The van der Waals surface area contributed by atoms with Crippen LogP contribution in [0.1, 0.15) is 35.9 Å². The fourth-order valence-electron chi connectivity index (χ4n) is 2.09. The number of rotatable bonds is 6. The second-order valence-electron chi connectivity index (χ2n) is 5.31. The van der Waals surface area contributed by atoms with E-state index in [4.69, 9.17) is 4.42 Å². The van der Waals surface area contributed by atoms with Crippen LogP contribution in [0.25, 0.3) is 11.0 Å². The Kier molecular flexibility index (Phi) is 5.24. The van der Waals surface area contributed by atoms with Gasteiger partial charge in [-0.2, -0.15) is 0 Å². The number of alkyl halides is 1. The van der Waals surface area contributed by atoms with Crippen molar-refractivity contribution in [2.24, 2.45) is 5.92 Å². The summed E-state index contributed by atoms with van der Waals surface area (Å²) in [5.41, 5.74) is 1.92. The molecule has 0 radical (unpaired) electrons. The van der Waals surface area contributed by atoms with Crippen molar-refractivity contribution < 1.29 is 9.21 Å². The number of nitrogens with one attached hydrogen (secondary N) is 1. The van der Waals surface area contributed by atoms with Crippen LogP contribution in [0.2, 0.25) is 0 Å². The second kappa shape index (κ2) is 6.93. The average Bonchev–Trinajstić information content (AvgIpc) is 2.86. The summed E-state index contributed by atoms with van der Waals surface area (Å²) in [5.74, 6) is 0.894. The lowest BCUT2D eigenvalue weighted by atomic mass is 10.1. The molecule has 0 saturated carbocycles. The van der Waals surface area contributed by atoms with Crippen molar-refractivity contribution in [3.8, 4) is 0 Å². The van der Waals surface area contributed by atoms with E-state index in [1.807, 2.05) is 25.1 Å². The van der Waals surface area contributed by atoms with Crippen LogP contribution in [0.4, 0.5) is 0 Å². The molecule has 2 rings (SSSR count). The van der Waals surface area contributed by atoms with Gasteiger partial charge in [-0.25, -0.2) is 0 Å². The van der Waals surface area contributed by atoms with Crippen LogP contribution in [0, 0.1) is 12.8 Å². The Morgan fingerprint density at radius 3 is 2.95 bits per heavy atom. The van der Waals surface area contributed by atoms with Crippen molar-refractivity contribution >= 4 is 32.8 Å². The molecule has 2 aromatic rings. The molecule has 0 spiro atoms. The Hall–Kier alpha value is -1.29. The van der Waals surface area contributed by atoms with E-state index in [-0.39, 0.29) is 5.91 Å². The van der Waals surface area contributed by atoms with Crippen molar-refractivity contribution in [1.82, 2.24) is 5.32 Å². The molecule has 0 aliphatic heterocycles. The Bertz CT molecular complexity index is 591. The number of carbonyl (C=O) groups is 1. The SMILES string of the molecule is Cc1ccc2oc(C(=O)NCCCC(C)CBr)cc2c1. The highest BCUT2D eigenvalue weighted by Crippen LogP contribution is 2.20. The molecule has 0 aliphatic carbocycles. The lowest BCUT2D eigenvalue weighted by molar-refractivity contribution is 0.0927. The van der Waals surface area contributed by atoms with Gasteiger partial charge in [0, 0.05) is 17.3 Å². The van der Waals surface area contributed by atoms with Crippen LogP contribution in [-0.4, -0.2) is 17.8 Å². The smallest absolute Gasteiger partial charge is 0.287 e. The molecule has 3 nitrogen and oxygen atoms in total. The largest absolute Gasteiger partial charge is 0.451 e. The summed E-state index contributed by atoms with van der Waals surface area (Å²) in [6.07, 6.45) is 2.09. The number of aryl methyl sites for hydroxylation is 1. The third-order valence-electron chi connectivity index (χ3n) is 3.32. The summed E-state index contributed by atoms with van der Waals surface area (Å²) in [4.78, 5) is 12.0. The van der Waals surface area contributed by atoms with Gasteiger partial charge < -0.3 is 9.73 Å². The maximum atomic E-state index is 12.0. The third kappa shape index (κ3) is 3.85. The molecule has 20 heavy (non-hydrogen) atoms. The Morgan fingerprint density at radius 2 is 2.20 bits per heavy atom. The topological polar surface area (TPSA) is 42.2 Å². The fourth-order valence-corrected chi connectivity index (χ4v) is 2.42. The minimum atomic E-state index is -0.134. The molecule has 4 heteroatoms. The van der Waals surface area contributed by atoms with Gasteiger partial charge in [0.2, 0.25) is 0 Å². The van der Waals surface area contributed by atoms with Gasteiger partial charge in [0.1, 0.15) is 5.58 Å². The Labute approximate surface area is 127 Å². The normalized spacial score (nSPS) is 12.6. The van der Waals surface area contributed by atoms with Crippen molar-refractivity contribution in [1.29, 1.82) is 0 Å². The summed E-state index contributed by atoms with van der Waals surface area (Å²) in [5, 5.41) is 4.88. The van der Waals surface area contributed by atoms with Gasteiger partial charge in [-0.05, 0) is 43.9 Å². The Morgan fingerprint density at radius 1 is 1.40 bits per heavy atom. The summed E-state index contributed by atoms with van der Waals surface area (Å²) < 4.78 is 5.56. The predicted octanol–water partition coefficient (Wildman–Crippen LogP) is 4.28. The number of benzene rings is 1. The molecule has 108 valence electrons. The molecule has 0 bridgehead atoms.